The minimum atomic E-state index is -1.02. The van der Waals surface area contributed by atoms with Gasteiger partial charge in [-0.25, -0.2) is 18.5 Å². The van der Waals surface area contributed by atoms with Crippen LogP contribution in [-0.2, 0) is 9.53 Å². The van der Waals surface area contributed by atoms with Gasteiger partial charge in [-0.2, -0.15) is 0 Å². The number of anilines is 1. The molecule has 2 heterocycles. The largest absolute Gasteiger partial charge is 0.377 e. The zero-order valence-corrected chi connectivity index (χ0v) is 15.0. The van der Waals surface area contributed by atoms with Crippen LogP contribution in [0.5, 0.6) is 0 Å². The average molecular weight is 382 g/mol. The van der Waals surface area contributed by atoms with Crippen LogP contribution in [0.2, 0.25) is 0 Å². The molecule has 0 radical (unpaired) electrons. The number of fused-ring (bicyclic) bond motifs is 1. The second kappa shape index (κ2) is 7.06. The summed E-state index contributed by atoms with van der Waals surface area (Å²) in [5.74, 6) is 2.77. The van der Waals surface area contributed by atoms with Crippen LogP contribution in [0.4, 0.5) is 19.3 Å². The molecule has 3 amide bonds. The highest BCUT2D eigenvalue weighted by molar-refractivity contribution is 6.21. The molecular formula is C21H16F2N2O3. The summed E-state index contributed by atoms with van der Waals surface area (Å²) < 4.78 is 34.7. The topological polar surface area (TPSA) is 49.9 Å². The number of nitrogens with zero attached hydrogens (tertiary/aromatic N) is 2. The van der Waals surface area contributed by atoms with Gasteiger partial charge in [0, 0.05) is 11.1 Å². The molecule has 2 saturated heterocycles. The summed E-state index contributed by atoms with van der Waals surface area (Å²) in [6.07, 6.45) is 0. The third kappa shape index (κ3) is 3.02. The maximum Gasteiger partial charge on any atom is 0.332 e. The Morgan fingerprint density at radius 1 is 1.00 bits per heavy atom. The molecule has 0 N–H and O–H groups in total. The average Bonchev–Trinajstić information content (AvgIpc) is 2.93. The molecule has 0 spiro atoms. The molecule has 5 nitrogen and oxygen atoms in total. The molecule has 2 unspecified atom stereocenters. The highest BCUT2D eigenvalue weighted by atomic mass is 19.1. The van der Waals surface area contributed by atoms with E-state index in [1.165, 1.54) is 4.90 Å². The Kier molecular flexibility index (Phi) is 4.57. The maximum atomic E-state index is 14.7. The van der Waals surface area contributed by atoms with E-state index in [0.29, 0.717) is 10.5 Å². The molecule has 0 bridgehead atoms. The minimum absolute atomic E-state index is 0.00921. The predicted molar refractivity (Wildman–Crippen MR) is 97.6 cm³/mol. The number of rotatable bonds is 1. The first-order valence-electron chi connectivity index (χ1n) is 8.77. The van der Waals surface area contributed by atoms with Gasteiger partial charge in [0.25, 0.3) is 5.91 Å². The van der Waals surface area contributed by atoms with E-state index in [0.717, 1.165) is 12.1 Å². The molecule has 2 aromatic carbocycles. The highest BCUT2D eigenvalue weighted by Gasteiger charge is 2.51. The van der Waals surface area contributed by atoms with Gasteiger partial charge in [0.05, 0.1) is 19.3 Å². The number of ether oxygens (including phenoxy) is 1. The highest BCUT2D eigenvalue weighted by Crippen LogP contribution is 2.33. The second-order valence-electron chi connectivity index (χ2n) is 6.67. The monoisotopic (exact) mass is 382 g/mol. The lowest BCUT2D eigenvalue weighted by Crippen LogP contribution is -2.50. The lowest BCUT2D eigenvalue weighted by Gasteiger charge is -2.32. The van der Waals surface area contributed by atoms with Gasteiger partial charge < -0.3 is 9.64 Å². The van der Waals surface area contributed by atoms with Crippen LogP contribution in [0.1, 0.15) is 18.1 Å². The summed E-state index contributed by atoms with van der Waals surface area (Å²) in [7, 11) is 0. The minimum Gasteiger partial charge on any atom is -0.377 e. The van der Waals surface area contributed by atoms with Crippen LogP contribution in [-0.4, -0.2) is 42.1 Å². The number of imide groups is 1. The number of hydrogen-bond acceptors (Lipinski definition) is 3. The van der Waals surface area contributed by atoms with E-state index >= 15 is 0 Å². The second-order valence-corrected chi connectivity index (χ2v) is 6.67. The zero-order valence-electron chi connectivity index (χ0n) is 15.0. The van der Waals surface area contributed by atoms with Gasteiger partial charge in [-0.15, -0.1) is 0 Å². The molecular weight excluding hydrogens is 366 g/mol. The number of carbonyl (C=O) groups excluding carboxylic acids is 2. The smallest absolute Gasteiger partial charge is 0.332 e. The molecule has 7 heteroatoms. The lowest BCUT2D eigenvalue weighted by molar-refractivity contribution is -0.124. The molecule has 2 aromatic rings. The molecule has 0 saturated carbocycles. The number of benzene rings is 2. The molecule has 2 aliphatic heterocycles. The summed E-state index contributed by atoms with van der Waals surface area (Å²) in [4.78, 5) is 27.2. The molecule has 142 valence electrons. The van der Waals surface area contributed by atoms with Crippen molar-refractivity contribution in [3.63, 3.8) is 0 Å². The van der Waals surface area contributed by atoms with Gasteiger partial charge in [0.15, 0.2) is 11.6 Å². The molecule has 28 heavy (non-hydrogen) atoms. The molecule has 2 fully saturated rings. The van der Waals surface area contributed by atoms with Crippen molar-refractivity contribution in [3.8, 4) is 11.8 Å². The third-order valence-electron chi connectivity index (χ3n) is 4.73. The summed E-state index contributed by atoms with van der Waals surface area (Å²) in [6, 6.07) is 9.06. The fourth-order valence-electron chi connectivity index (χ4n) is 3.41. The lowest BCUT2D eigenvalue weighted by atomic mass is 10.1. The Hall–Kier alpha value is -3.24. The molecule has 0 aliphatic carbocycles. The number of halogens is 2. The maximum absolute atomic E-state index is 14.7. The van der Waals surface area contributed by atoms with Crippen molar-refractivity contribution >= 4 is 17.6 Å². The van der Waals surface area contributed by atoms with Crippen LogP contribution in [0.3, 0.4) is 0 Å². The van der Waals surface area contributed by atoms with E-state index in [2.05, 4.69) is 11.8 Å². The summed E-state index contributed by atoms with van der Waals surface area (Å²) >= 11 is 0. The molecule has 4 rings (SSSR count). The Bertz CT molecular complexity index is 990. The Morgan fingerprint density at radius 2 is 1.64 bits per heavy atom. The number of amides is 3. The van der Waals surface area contributed by atoms with E-state index in [1.807, 2.05) is 6.07 Å². The van der Waals surface area contributed by atoms with E-state index in [1.54, 1.807) is 31.2 Å². The quantitative estimate of drug-likeness (QED) is 0.563. The molecule has 2 atom stereocenters. The van der Waals surface area contributed by atoms with Crippen molar-refractivity contribution in [1.29, 1.82) is 0 Å². The number of hydrogen-bond donors (Lipinski definition) is 0. The van der Waals surface area contributed by atoms with Crippen molar-refractivity contribution in [1.82, 2.24) is 4.90 Å². The van der Waals surface area contributed by atoms with Crippen molar-refractivity contribution in [2.45, 2.75) is 19.0 Å². The van der Waals surface area contributed by atoms with E-state index < -0.39 is 35.3 Å². The van der Waals surface area contributed by atoms with Gasteiger partial charge in [0.1, 0.15) is 11.7 Å². The SMILES string of the molecule is CC1COCC2C(=O)N(c3c(F)cc(C#Cc4ccccc4)cc3F)C(=O)N12. The van der Waals surface area contributed by atoms with E-state index in [-0.39, 0.29) is 24.8 Å². The normalized spacial score (nSPS) is 21.4. The zero-order chi connectivity index (χ0) is 19.8. The Morgan fingerprint density at radius 3 is 2.29 bits per heavy atom. The Balaban J connectivity index is 1.69. The fraction of sp³-hybridized carbons (Fsp3) is 0.238. The van der Waals surface area contributed by atoms with Crippen molar-refractivity contribution < 1.29 is 23.1 Å². The summed E-state index contributed by atoms with van der Waals surface area (Å²) in [5.41, 5.74) is 0.126. The van der Waals surface area contributed by atoms with Crippen LogP contribution in [0, 0.1) is 23.5 Å². The van der Waals surface area contributed by atoms with Crippen molar-refractivity contribution in [2.24, 2.45) is 0 Å². The van der Waals surface area contributed by atoms with E-state index in [4.69, 9.17) is 4.74 Å². The van der Waals surface area contributed by atoms with Crippen molar-refractivity contribution in [3.05, 3.63) is 65.2 Å². The third-order valence-corrected chi connectivity index (χ3v) is 4.73. The van der Waals surface area contributed by atoms with Gasteiger partial charge in [0.2, 0.25) is 0 Å². The summed E-state index contributed by atoms with van der Waals surface area (Å²) in [5, 5.41) is 0. The molecule has 2 aliphatic rings. The first kappa shape index (κ1) is 18.1. The first-order valence-corrected chi connectivity index (χ1v) is 8.77. The molecule has 0 aromatic heterocycles. The van der Waals surface area contributed by atoms with E-state index in [9.17, 15) is 18.4 Å². The van der Waals surface area contributed by atoms with Gasteiger partial charge in [-0.1, -0.05) is 30.0 Å². The van der Waals surface area contributed by atoms with Gasteiger partial charge >= 0.3 is 6.03 Å². The van der Waals surface area contributed by atoms with Crippen LogP contribution in [0.15, 0.2) is 42.5 Å². The first-order chi connectivity index (χ1) is 13.5. The Labute approximate surface area is 160 Å². The number of morpholine rings is 1. The van der Waals surface area contributed by atoms with Gasteiger partial charge in [-0.3, -0.25) is 4.79 Å². The van der Waals surface area contributed by atoms with Crippen LogP contribution < -0.4 is 4.90 Å². The van der Waals surface area contributed by atoms with Crippen LogP contribution in [0.25, 0.3) is 0 Å². The number of urea groups is 1. The summed E-state index contributed by atoms with van der Waals surface area (Å²) in [6.45, 7) is 1.99. The predicted octanol–water partition coefficient (Wildman–Crippen LogP) is 2.92. The van der Waals surface area contributed by atoms with Crippen molar-refractivity contribution in [2.75, 3.05) is 18.1 Å². The standard InChI is InChI=1S/C21H16F2N2O3/c1-13-11-28-12-18-20(26)25(21(27)24(13)18)19-16(22)9-15(10-17(19)23)8-7-14-5-3-2-4-6-14/h2-6,9-10,13,18H,11-12H2,1H3. The van der Waals surface area contributed by atoms with Gasteiger partial charge in [-0.05, 0) is 31.2 Å². The number of carbonyl (C=O) groups is 2. The van der Waals surface area contributed by atoms with Crippen LogP contribution >= 0.6 is 0 Å². The fourth-order valence-corrected chi connectivity index (χ4v) is 3.41.